The van der Waals surface area contributed by atoms with Crippen molar-refractivity contribution in [2.45, 2.75) is 194 Å². The number of ether oxygens (including phenoxy) is 2. The van der Waals surface area contributed by atoms with Crippen LogP contribution in [-0.4, -0.2) is 25.2 Å². The molecule has 0 saturated heterocycles. The molecule has 0 aromatic carbocycles. The summed E-state index contributed by atoms with van der Waals surface area (Å²) in [6, 6.07) is 0. The van der Waals surface area contributed by atoms with Crippen molar-refractivity contribution in [3.05, 3.63) is 24.3 Å². The Morgan fingerprint density at radius 1 is 0.381 bits per heavy atom. The van der Waals surface area contributed by atoms with Gasteiger partial charge in [0.05, 0.1) is 0 Å². The second-order valence-corrected chi connectivity index (χ2v) is 12.2. The Morgan fingerprint density at radius 3 is 1.00 bits per heavy atom. The highest BCUT2D eigenvalue weighted by Crippen LogP contribution is 2.13. The third kappa shape index (κ3) is 34.6. The minimum atomic E-state index is -0.0901. The van der Waals surface area contributed by atoms with Crippen molar-refractivity contribution in [3.63, 3.8) is 0 Å². The Bertz CT molecular complexity index is 571. The Morgan fingerprint density at radius 2 is 0.667 bits per heavy atom. The Hall–Kier alpha value is -1.58. The quantitative estimate of drug-likeness (QED) is 0.0433. The van der Waals surface area contributed by atoms with Crippen LogP contribution in [0, 0.1) is 0 Å². The van der Waals surface area contributed by atoms with Crippen LogP contribution in [-0.2, 0) is 19.1 Å². The van der Waals surface area contributed by atoms with Crippen molar-refractivity contribution in [2.75, 3.05) is 13.2 Å². The molecule has 0 atom stereocenters. The first-order valence-corrected chi connectivity index (χ1v) is 18.3. The zero-order valence-electron chi connectivity index (χ0n) is 28.2. The molecular formula is C38H70O4. The second kappa shape index (κ2) is 35.6. The summed E-state index contributed by atoms with van der Waals surface area (Å²) in [5.74, 6) is -0.180. The fourth-order valence-electron chi connectivity index (χ4n) is 5.19. The summed E-state index contributed by atoms with van der Waals surface area (Å²) in [6.07, 6.45) is 41.8. The van der Waals surface area contributed by atoms with E-state index in [-0.39, 0.29) is 11.9 Å². The van der Waals surface area contributed by atoms with Crippen LogP contribution in [0.1, 0.15) is 194 Å². The summed E-state index contributed by atoms with van der Waals surface area (Å²) in [5.41, 5.74) is 0. The summed E-state index contributed by atoms with van der Waals surface area (Å²) in [7, 11) is 0. The SMILES string of the molecule is CCCCCCCCCCC/C=C/COC(=O)CCCCCCCCC(=O)OC/C=C/CCCCCCCCCCC. The average molecular weight is 591 g/mol. The van der Waals surface area contributed by atoms with Crippen LogP contribution >= 0.6 is 0 Å². The highest BCUT2D eigenvalue weighted by molar-refractivity contribution is 5.69. The van der Waals surface area contributed by atoms with E-state index in [1.165, 1.54) is 116 Å². The summed E-state index contributed by atoms with van der Waals surface area (Å²) in [5, 5.41) is 0. The number of carbonyl (C=O) groups is 2. The van der Waals surface area contributed by atoms with E-state index in [1.54, 1.807) is 0 Å². The second-order valence-electron chi connectivity index (χ2n) is 12.2. The van der Waals surface area contributed by atoms with E-state index in [4.69, 9.17) is 9.47 Å². The van der Waals surface area contributed by atoms with Crippen LogP contribution in [0.5, 0.6) is 0 Å². The lowest BCUT2D eigenvalue weighted by Crippen LogP contribution is -2.04. The van der Waals surface area contributed by atoms with Crippen molar-refractivity contribution in [2.24, 2.45) is 0 Å². The Kier molecular flexibility index (Phi) is 34.3. The minimum absolute atomic E-state index is 0.0901. The monoisotopic (exact) mass is 591 g/mol. The van der Waals surface area contributed by atoms with Gasteiger partial charge in [0, 0.05) is 12.8 Å². The molecule has 0 bridgehead atoms. The zero-order valence-corrected chi connectivity index (χ0v) is 28.2. The van der Waals surface area contributed by atoms with Gasteiger partial charge in [0.2, 0.25) is 0 Å². The van der Waals surface area contributed by atoms with Gasteiger partial charge in [0.1, 0.15) is 13.2 Å². The van der Waals surface area contributed by atoms with Gasteiger partial charge >= 0.3 is 11.9 Å². The molecule has 0 radical (unpaired) electrons. The molecule has 0 amide bonds. The van der Waals surface area contributed by atoms with Crippen LogP contribution in [0.4, 0.5) is 0 Å². The fraction of sp³-hybridized carbons (Fsp3) is 0.842. The number of hydrogen-bond donors (Lipinski definition) is 0. The van der Waals surface area contributed by atoms with E-state index in [9.17, 15) is 9.59 Å². The molecule has 0 fully saturated rings. The van der Waals surface area contributed by atoms with Gasteiger partial charge in [0.25, 0.3) is 0 Å². The topological polar surface area (TPSA) is 52.6 Å². The highest BCUT2D eigenvalue weighted by Gasteiger charge is 2.03. The number of carbonyl (C=O) groups excluding carboxylic acids is 2. The molecule has 0 heterocycles. The molecule has 0 aliphatic carbocycles. The molecule has 0 unspecified atom stereocenters. The highest BCUT2D eigenvalue weighted by atomic mass is 16.5. The molecule has 42 heavy (non-hydrogen) atoms. The third-order valence-electron chi connectivity index (χ3n) is 7.97. The molecule has 4 nitrogen and oxygen atoms in total. The van der Waals surface area contributed by atoms with Crippen molar-refractivity contribution < 1.29 is 19.1 Å². The van der Waals surface area contributed by atoms with Gasteiger partial charge in [-0.25, -0.2) is 0 Å². The lowest BCUT2D eigenvalue weighted by molar-refractivity contribution is -0.143. The molecule has 0 aromatic rings. The largest absolute Gasteiger partial charge is 0.461 e. The van der Waals surface area contributed by atoms with Gasteiger partial charge in [-0.05, 0) is 38.5 Å². The summed E-state index contributed by atoms with van der Waals surface area (Å²) < 4.78 is 10.6. The predicted molar refractivity (Wildman–Crippen MR) is 181 cm³/mol. The molecule has 246 valence electrons. The number of hydrogen-bond acceptors (Lipinski definition) is 4. The van der Waals surface area contributed by atoms with Crippen LogP contribution in [0.2, 0.25) is 0 Å². The maximum atomic E-state index is 11.9. The average Bonchev–Trinajstić information content (AvgIpc) is 2.99. The Labute approximate surface area is 261 Å². The van der Waals surface area contributed by atoms with E-state index < -0.39 is 0 Å². The molecule has 0 aliphatic rings. The van der Waals surface area contributed by atoms with Gasteiger partial charge < -0.3 is 9.47 Å². The predicted octanol–water partition coefficient (Wildman–Crippen LogP) is 12.1. The maximum absolute atomic E-state index is 11.9. The normalized spacial score (nSPS) is 11.6. The summed E-state index contributed by atoms with van der Waals surface area (Å²) in [4.78, 5) is 23.8. The first-order chi connectivity index (χ1) is 20.7. The lowest BCUT2D eigenvalue weighted by Gasteiger charge is -2.04. The fourth-order valence-corrected chi connectivity index (χ4v) is 5.19. The molecule has 0 spiro atoms. The maximum Gasteiger partial charge on any atom is 0.306 e. The number of esters is 2. The zero-order chi connectivity index (χ0) is 30.6. The van der Waals surface area contributed by atoms with E-state index >= 15 is 0 Å². The van der Waals surface area contributed by atoms with Crippen LogP contribution < -0.4 is 0 Å². The van der Waals surface area contributed by atoms with E-state index in [0.717, 1.165) is 51.4 Å². The summed E-state index contributed by atoms with van der Waals surface area (Å²) >= 11 is 0. The van der Waals surface area contributed by atoms with Crippen molar-refractivity contribution in [1.29, 1.82) is 0 Å². The number of allylic oxidation sites excluding steroid dienone is 2. The van der Waals surface area contributed by atoms with Crippen molar-refractivity contribution in [1.82, 2.24) is 0 Å². The minimum Gasteiger partial charge on any atom is -0.461 e. The standard InChI is InChI=1S/C38H70O4/c1-3-5-7-9-11-13-15-17-19-23-27-31-35-41-37(39)33-29-25-21-22-26-30-34-38(40)42-36-32-28-24-20-18-16-14-12-10-8-6-4-2/h27-28,31-32H,3-26,29-30,33-36H2,1-2H3/b31-27+,32-28+. The number of rotatable bonds is 33. The molecule has 0 rings (SSSR count). The van der Waals surface area contributed by atoms with Gasteiger partial charge in [-0.1, -0.05) is 167 Å². The lowest BCUT2D eigenvalue weighted by atomic mass is 10.1. The third-order valence-corrected chi connectivity index (χ3v) is 7.97. The van der Waals surface area contributed by atoms with Gasteiger partial charge in [-0.15, -0.1) is 0 Å². The summed E-state index contributed by atoms with van der Waals surface area (Å²) in [6.45, 7) is 5.34. The first kappa shape index (κ1) is 40.4. The van der Waals surface area contributed by atoms with E-state index in [1.807, 2.05) is 12.2 Å². The smallest absolute Gasteiger partial charge is 0.306 e. The molecular weight excluding hydrogens is 520 g/mol. The van der Waals surface area contributed by atoms with E-state index in [0.29, 0.717) is 26.1 Å². The van der Waals surface area contributed by atoms with Crippen LogP contribution in [0.25, 0.3) is 0 Å². The Balaban J connectivity index is 3.35. The molecule has 4 heteroatoms. The van der Waals surface area contributed by atoms with Gasteiger partial charge in [-0.2, -0.15) is 0 Å². The van der Waals surface area contributed by atoms with Crippen LogP contribution in [0.15, 0.2) is 24.3 Å². The van der Waals surface area contributed by atoms with Crippen LogP contribution in [0.3, 0.4) is 0 Å². The van der Waals surface area contributed by atoms with Gasteiger partial charge in [0.15, 0.2) is 0 Å². The van der Waals surface area contributed by atoms with Crippen molar-refractivity contribution in [3.8, 4) is 0 Å². The first-order valence-electron chi connectivity index (χ1n) is 18.3. The molecule has 0 N–H and O–H groups in total. The molecule has 0 saturated carbocycles. The van der Waals surface area contributed by atoms with E-state index in [2.05, 4.69) is 26.0 Å². The molecule has 0 aromatic heterocycles. The molecule has 0 aliphatic heterocycles. The number of unbranched alkanes of at least 4 members (excludes halogenated alkanes) is 23. The van der Waals surface area contributed by atoms with Gasteiger partial charge in [-0.3, -0.25) is 9.59 Å². The van der Waals surface area contributed by atoms with Crippen molar-refractivity contribution >= 4 is 11.9 Å².